The zero-order valence-electron chi connectivity index (χ0n) is 10.6. The lowest BCUT2D eigenvalue weighted by Gasteiger charge is -2.07. The number of rotatable bonds is 1. The molecular formula is C17H15N. The van der Waals surface area contributed by atoms with Gasteiger partial charge >= 0.3 is 0 Å². The highest BCUT2D eigenvalue weighted by Crippen LogP contribution is 2.24. The molecule has 0 fully saturated rings. The highest BCUT2D eigenvalue weighted by atomic mass is 14.7. The van der Waals surface area contributed by atoms with Crippen molar-refractivity contribution in [1.82, 2.24) is 4.98 Å². The number of fused-ring (bicyclic) bond motifs is 1. The number of nitrogens with zero attached hydrogens (tertiary/aromatic N) is 1. The smallest absolute Gasteiger partial charge is 0.0714 e. The molecule has 0 atom stereocenters. The predicted octanol–water partition coefficient (Wildman–Crippen LogP) is 4.52. The molecule has 1 heterocycles. The second-order valence-electron chi connectivity index (χ2n) is 4.71. The third-order valence-corrected chi connectivity index (χ3v) is 3.24. The molecule has 3 rings (SSSR count). The van der Waals surface area contributed by atoms with Gasteiger partial charge in [-0.1, -0.05) is 42.5 Å². The molecule has 2 aromatic carbocycles. The van der Waals surface area contributed by atoms with E-state index in [1.165, 1.54) is 22.1 Å². The van der Waals surface area contributed by atoms with Crippen LogP contribution < -0.4 is 0 Å². The molecule has 1 aromatic heterocycles. The molecule has 0 aliphatic heterocycles. The summed E-state index contributed by atoms with van der Waals surface area (Å²) in [6, 6.07) is 18.9. The Morgan fingerprint density at radius 1 is 0.833 bits per heavy atom. The number of hydrogen-bond acceptors (Lipinski definition) is 1. The molecular weight excluding hydrogens is 218 g/mol. The fourth-order valence-electron chi connectivity index (χ4n) is 2.27. The van der Waals surface area contributed by atoms with Gasteiger partial charge < -0.3 is 0 Å². The van der Waals surface area contributed by atoms with Gasteiger partial charge in [-0.3, -0.25) is 0 Å². The standard InChI is InChI=1S/C17H15N/c1-12-8-9-15-13(2)11-16(18-17(15)10-12)14-6-4-3-5-7-14/h3-11H,1-2H3. The maximum absolute atomic E-state index is 4.77. The Hall–Kier alpha value is -2.15. The van der Waals surface area contributed by atoms with E-state index in [4.69, 9.17) is 4.98 Å². The third-order valence-electron chi connectivity index (χ3n) is 3.24. The van der Waals surface area contributed by atoms with Crippen LogP contribution in [-0.2, 0) is 0 Å². The van der Waals surface area contributed by atoms with Gasteiger partial charge in [0.05, 0.1) is 11.2 Å². The number of hydrogen-bond donors (Lipinski definition) is 0. The Bertz CT molecular complexity index is 699. The van der Waals surface area contributed by atoms with Crippen molar-refractivity contribution in [2.75, 3.05) is 0 Å². The summed E-state index contributed by atoms with van der Waals surface area (Å²) in [5.74, 6) is 0. The lowest BCUT2D eigenvalue weighted by atomic mass is 10.0. The van der Waals surface area contributed by atoms with E-state index in [9.17, 15) is 0 Å². The molecule has 0 bridgehead atoms. The first-order valence-electron chi connectivity index (χ1n) is 6.17. The van der Waals surface area contributed by atoms with E-state index in [2.05, 4.69) is 50.2 Å². The average molecular weight is 233 g/mol. The van der Waals surface area contributed by atoms with Gasteiger partial charge in [0.25, 0.3) is 0 Å². The fourth-order valence-corrected chi connectivity index (χ4v) is 2.27. The van der Waals surface area contributed by atoms with Crippen LogP contribution in [0.4, 0.5) is 0 Å². The first kappa shape index (κ1) is 11.0. The number of benzene rings is 2. The van der Waals surface area contributed by atoms with Crippen LogP contribution in [-0.4, -0.2) is 4.98 Å². The van der Waals surface area contributed by atoms with Crippen LogP contribution in [0.15, 0.2) is 54.6 Å². The van der Waals surface area contributed by atoms with Gasteiger partial charge in [-0.05, 0) is 37.1 Å². The first-order valence-corrected chi connectivity index (χ1v) is 6.17. The van der Waals surface area contributed by atoms with Crippen molar-refractivity contribution in [2.45, 2.75) is 13.8 Å². The molecule has 0 aliphatic rings. The first-order chi connectivity index (χ1) is 8.74. The minimum atomic E-state index is 1.05. The fraction of sp³-hybridized carbons (Fsp3) is 0.118. The Labute approximate surface area is 107 Å². The van der Waals surface area contributed by atoms with E-state index in [-0.39, 0.29) is 0 Å². The molecule has 0 saturated heterocycles. The number of pyridine rings is 1. The minimum Gasteiger partial charge on any atom is -0.248 e. The van der Waals surface area contributed by atoms with Crippen LogP contribution in [0.3, 0.4) is 0 Å². The van der Waals surface area contributed by atoms with Gasteiger partial charge in [-0.15, -0.1) is 0 Å². The predicted molar refractivity (Wildman–Crippen MR) is 76.7 cm³/mol. The van der Waals surface area contributed by atoms with Crippen molar-refractivity contribution in [3.8, 4) is 11.3 Å². The van der Waals surface area contributed by atoms with E-state index in [1.54, 1.807) is 0 Å². The molecule has 0 amide bonds. The summed E-state index contributed by atoms with van der Waals surface area (Å²) >= 11 is 0. The van der Waals surface area contributed by atoms with Crippen molar-refractivity contribution in [3.63, 3.8) is 0 Å². The van der Waals surface area contributed by atoms with Gasteiger partial charge in [0.2, 0.25) is 0 Å². The summed E-state index contributed by atoms with van der Waals surface area (Å²) in [7, 11) is 0. The molecule has 0 spiro atoms. The molecule has 0 N–H and O–H groups in total. The van der Waals surface area contributed by atoms with E-state index in [0.29, 0.717) is 0 Å². The lowest BCUT2D eigenvalue weighted by molar-refractivity contribution is 1.35. The number of aryl methyl sites for hydroxylation is 2. The quantitative estimate of drug-likeness (QED) is 0.602. The van der Waals surface area contributed by atoms with Gasteiger partial charge in [0.15, 0.2) is 0 Å². The van der Waals surface area contributed by atoms with Crippen molar-refractivity contribution in [3.05, 3.63) is 65.7 Å². The Morgan fingerprint density at radius 2 is 1.61 bits per heavy atom. The van der Waals surface area contributed by atoms with E-state index in [0.717, 1.165) is 11.2 Å². The van der Waals surface area contributed by atoms with E-state index >= 15 is 0 Å². The van der Waals surface area contributed by atoms with E-state index in [1.807, 2.05) is 18.2 Å². The highest BCUT2D eigenvalue weighted by molar-refractivity contribution is 5.85. The van der Waals surface area contributed by atoms with Crippen LogP contribution in [0.5, 0.6) is 0 Å². The van der Waals surface area contributed by atoms with Crippen LogP contribution >= 0.6 is 0 Å². The van der Waals surface area contributed by atoms with Crippen LogP contribution in [0, 0.1) is 13.8 Å². The molecule has 3 aromatic rings. The SMILES string of the molecule is Cc1ccc2c(C)cc(-c3ccccc3)nc2c1. The normalized spacial score (nSPS) is 10.8. The summed E-state index contributed by atoms with van der Waals surface area (Å²) in [4.78, 5) is 4.77. The number of aromatic nitrogens is 1. The lowest BCUT2D eigenvalue weighted by Crippen LogP contribution is -1.89. The molecule has 0 radical (unpaired) electrons. The second kappa shape index (κ2) is 4.26. The summed E-state index contributed by atoms with van der Waals surface area (Å²) in [5.41, 5.74) is 5.82. The van der Waals surface area contributed by atoms with E-state index < -0.39 is 0 Å². The Balaban J connectivity index is 2.27. The largest absolute Gasteiger partial charge is 0.248 e. The van der Waals surface area contributed by atoms with Crippen molar-refractivity contribution in [2.24, 2.45) is 0 Å². The van der Waals surface area contributed by atoms with Crippen LogP contribution in [0.1, 0.15) is 11.1 Å². The maximum atomic E-state index is 4.77. The summed E-state index contributed by atoms with van der Waals surface area (Å²) in [6.07, 6.45) is 0. The topological polar surface area (TPSA) is 12.9 Å². The molecule has 0 saturated carbocycles. The van der Waals surface area contributed by atoms with Crippen molar-refractivity contribution < 1.29 is 0 Å². The van der Waals surface area contributed by atoms with Gasteiger partial charge in [-0.25, -0.2) is 4.98 Å². The summed E-state index contributed by atoms with van der Waals surface area (Å²) in [6.45, 7) is 4.25. The maximum Gasteiger partial charge on any atom is 0.0714 e. The Kier molecular flexibility index (Phi) is 2.60. The van der Waals surface area contributed by atoms with Gasteiger partial charge in [0.1, 0.15) is 0 Å². The second-order valence-corrected chi connectivity index (χ2v) is 4.71. The van der Waals surface area contributed by atoms with Crippen molar-refractivity contribution in [1.29, 1.82) is 0 Å². The molecule has 1 heteroatoms. The highest BCUT2D eigenvalue weighted by Gasteiger charge is 2.04. The summed E-state index contributed by atoms with van der Waals surface area (Å²) in [5, 5.41) is 1.24. The molecule has 18 heavy (non-hydrogen) atoms. The van der Waals surface area contributed by atoms with Crippen LogP contribution in [0.25, 0.3) is 22.2 Å². The zero-order valence-corrected chi connectivity index (χ0v) is 10.6. The molecule has 0 aliphatic carbocycles. The van der Waals surface area contributed by atoms with Crippen molar-refractivity contribution >= 4 is 10.9 Å². The third kappa shape index (κ3) is 1.88. The van der Waals surface area contributed by atoms with Gasteiger partial charge in [-0.2, -0.15) is 0 Å². The monoisotopic (exact) mass is 233 g/mol. The molecule has 0 unspecified atom stereocenters. The van der Waals surface area contributed by atoms with Gasteiger partial charge in [0, 0.05) is 10.9 Å². The van der Waals surface area contributed by atoms with Crippen LogP contribution in [0.2, 0.25) is 0 Å². The Morgan fingerprint density at radius 3 is 2.39 bits per heavy atom. The minimum absolute atomic E-state index is 1.05. The zero-order chi connectivity index (χ0) is 12.5. The molecule has 1 nitrogen and oxygen atoms in total. The molecule has 88 valence electrons. The average Bonchev–Trinajstić information content (AvgIpc) is 2.39. The summed E-state index contributed by atoms with van der Waals surface area (Å²) < 4.78 is 0.